The minimum atomic E-state index is -3.22. The molecule has 0 spiro atoms. The van der Waals surface area contributed by atoms with Gasteiger partial charge in [-0.05, 0) is 6.07 Å². The molecule has 3 heterocycles. The number of hydrogen-bond acceptors (Lipinski definition) is 6. The lowest BCUT2D eigenvalue weighted by molar-refractivity contribution is 0.0941. The van der Waals surface area contributed by atoms with Crippen LogP contribution in [0.15, 0.2) is 16.7 Å². The van der Waals surface area contributed by atoms with Crippen LogP contribution >= 0.6 is 0 Å². The van der Waals surface area contributed by atoms with Gasteiger partial charge in [0.2, 0.25) is 10.0 Å². The average Bonchev–Trinajstić information content (AvgIpc) is 3.17. The molecule has 0 unspecified atom stereocenters. The number of carbonyl (C=O) groups is 1. The number of hydrogen-bond donors (Lipinski definition) is 1. The maximum atomic E-state index is 12.1. The Balaban J connectivity index is 1.63. The molecule has 9 nitrogen and oxygen atoms in total. The second-order valence-corrected chi connectivity index (χ2v) is 8.38. The highest BCUT2D eigenvalue weighted by atomic mass is 32.2. The highest BCUT2D eigenvalue weighted by Crippen LogP contribution is 2.17. The number of rotatable bonds is 5. The minimum Gasteiger partial charge on any atom is -0.360 e. The van der Waals surface area contributed by atoms with E-state index in [1.165, 1.54) is 10.6 Å². The van der Waals surface area contributed by atoms with Gasteiger partial charge in [-0.2, -0.15) is 9.40 Å². The first kappa shape index (κ1) is 17.6. The summed E-state index contributed by atoms with van der Waals surface area (Å²) >= 11 is 0. The predicted molar refractivity (Wildman–Crippen MR) is 89.2 cm³/mol. The lowest BCUT2D eigenvalue weighted by Crippen LogP contribution is -2.37. The number of nitrogens with one attached hydrogen (secondary N) is 1. The van der Waals surface area contributed by atoms with E-state index >= 15 is 0 Å². The smallest absolute Gasteiger partial charge is 0.273 e. The third-order valence-corrected chi connectivity index (χ3v) is 5.29. The topological polar surface area (TPSA) is 110 Å². The Hall–Kier alpha value is -2.20. The van der Waals surface area contributed by atoms with Crippen LogP contribution in [0.5, 0.6) is 0 Å². The molecule has 10 heteroatoms. The molecule has 3 rings (SSSR count). The molecular weight excluding hydrogens is 346 g/mol. The summed E-state index contributed by atoms with van der Waals surface area (Å²) in [6.07, 6.45) is 1.20. The van der Waals surface area contributed by atoms with Crippen LogP contribution in [0.2, 0.25) is 0 Å². The lowest BCUT2D eigenvalue weighted by Gasteiger charge is -2.25. The van der Waals surface area contributed by atoms with Crippen molar-refractivity contribution in [1.82, 2.24) is 24.6 Å². The molecule has 0 aliphatic carbocycles. The number of sulfonamides is 1. The van der Waals surface area contributed by atoms with Crippen LogP contribution in [0, 0.1) is 0 Å². The molecule has 1 aliphatic heterocycles. The summed E-state index contributed by atoms with van der Waals surface area (Å²) in [6, 6.07) is 3.43. The van der Waals surface area contributed by atoms with Gasteiger partial charge in [0.05, 0.1) is 37.3 Å². The van der Waals surface area contributed by atoms with E-state index in [0.29, 0.717) is 31.1 Å². The number of fused-ring (bicyclic) bond motifs is 1. The molecule has 2 aromatic rings. The van der Waals surface area contributed by atoms with Crippen LogP contribution in [0.3, 0.4) is 0 Å². The van der Waals surface area contributed by atoms with Gasteiger partial charge in [0, 0.05) is 18.5 Å². The van der Waals surface area contributed by atoms with Gasteiger partial charge in [-0.15, -0.1) is 0 Å². The predicted octanol–water partition coefficient (Wildman–Crippen LogP) is 0.700. The van der Waals surface area contributed by atoms with E-state index in [0.717, 1.165) is 5.69 Å². The van der Waals surface area contributed by atoms with Crippen molar-refractivity contribution in [2.75, 3.05) is 12.8 Å². The van der Waals surface area contributed by atoms with E-state index in [1.54, 1.807) is 16.8 Å². The number of amides is 1. The fourth-order valence-electron chi connectivity index (χ4n) is 2.60. The highest BCUT2D eigenvalue weighted by molar-refractivity contribution is 7.88. The molecule has 136 valence electrons. The van der Waals surface area contributed by atoms with Crippen molar-refractivity contribution in [3.8, 4) is 0 Å². The molecule has 1 amide bonds. The van der Waals surface area contributed by atoms with Gasteiger partial charge < -0.3 is 9.84 Å². The molecule has 0 saturated carbocycles. The largest absolute Gasteiger partial charge is 0.360 e. The Labute approximate surface area is 146 Å². The molecule has 0 atom stereocenters. The van der Waals surface area contributed by atoms with Gasteiger partial charge in [0.25, 0.3) is 5.91 Å². The SMILES string of the molecule is CC(C)c1cc(C(=O)NCc2cc3n(n2)CCN(S(C)(=O)=O)C3)no1. The summed E-state index contributed by atoms with van der Waals surface area (Å²) in [4.78, 5) is 12.1. The zero-order chi connectivity index (χ0) is 18.2. The van der Waals surface area contributed by atoms with Gasteiger partial charge in [-0.3, -0.25) is 9.48 Å². The quantitative estimate of drug-likeness (QED) is 0.833. The van der Waals surface area contributed by atoms with Crippen LogP contribution in [0.25, 0.3) is 0 Å². The van der Waals surface area contributed by atoms with Crippen molar-refractivity contribution < 1.29 is 17.7 Å². The van der Waals surface area contributed by atoms with Crippen LogP contribution in [-0.2, 0) is 29.7 Å². The molecule has 1 N–H and O–H groups in total. The van der Waals surface area contributed by atoms with Crippen LogP contribution in [0.4, 0.5) is 0 Å². The van der Waals surface area contributed by atoms with Crippen molar-refractivity contribution in [3.63, 3.8) is 0 Å². The fourth-order valence-corrected chi connectivity index (χ4v) is 3.38. The van der Waals surface area contributed by atoms with E-state index in [-0.39, 0.29) is 24.1 Å². The molecule has 0 radical (unpaired) electrons. The third-order valence-electron chi connectivity index (χ3n) is 4.04. The lowest BCUT2D eigenvalue weighted by atomic mass is 10.1. The molecule has 2 aromatic heterocycles. The summed E-state index contributed by atoms with van der Waals surface area (Å²) < 4.78 is 31.6. The normalized spacial score (nSPS) is 15.4. The third kappa shape index (κ3) is 3.90. The Kier molecular flexibility index (Phi) is 4.65. The average molecular weight is 367 g/mol. The van der Waals surface area contributed by atoms with E-state index in [4.69, 9.17) is 4.52 Å². The highest BCUT2D eigenvalue weighted by Gasteiger charge is 2.24. The molecule has 0 fully saturated rings. The zero-order valence-electron chi connectivity index (χ0n) is 14.4. The van der Waals surface area contributed by atoms with E-state index in [1.807, 2.05) is 13.8 Å². The number of aromatic nitrogens is 3. The second kappa shape index (κ2) is 6.60. The monoisotopic (exact) mass is 367 g/mol. The van der Waals surface area contributed by atoms with Crippen LogP contribution in [-0.4, -0.2) is 46.4 Å². The first-order valence-corrected chi connectivity index (χ1v) is 9.84. The van der Waals surface area contributed by atoms with Gasteiger partial charge in [-0.1, -0.05) is 19.0 Å². The standard InChI is InChI=1S/C15H21N5O4S/c1-10(2)14-7-13(18-24-14)15(21)16-8-11-6-12-9-19(25(3,22)23)4-5-20(12)17-11/h6-7,10H,4-5,8-9H2,1-3H3,(H,16,21). The second-order valence-electron chi connectivity index (χ2n) is 6.40. The zero-order valence-corrected chi connectivity index (χ0v) is 15.2. The van der Waals surface area contributed by atoms with Crippen molar-refractivity contribution in [3.05, 3.63) is 35.0 Å². The van der Waals surface area contributed by atoms with Gasteiger partial charge in [0.1, 0.15) is 5.76 Å². The van der Waals surface area contributed by atoms with E-state index in [9.17, 15) is 13.2 Å². The molecule has 0 saturated heterocycles. The molecule has 0 aromatic carbocycles. The Morgan fingerprint density at radius 1 is 1.36 bits per heavy atom. The number of nitrogens with zero attached hydrogens (tertiary/aromatic N) is 4. The van der Waals surface area contributed by atoms with Crippen LogP contribution in [0.1, 0.15) is 47.4 Å². The summed E-state index contributed by atoms with van der Waals surface area (Å²) in [5, 5.41) is 10.9. The van der Waals surface area contributed by atoms with Crippen molar-refractivity contribution in [2.24, 2.45) is 0 Å². The van der Waals surface area contributed by atoms with Gasteiger partial charge in [0.15, 0.2) is 5.69 Å². The first-order chi connectivity index (χ1) is 11.7. The first-order valence-electron chi connectivity index (χ1n) is 7.99. The Bertz CT molecular complexity index is 884. The Morgan fingerprint density at radius 2 is 2.12 bits per heavy atom. The maximum Gasteiger partial charge on any atom is 0.273 e. The van der Waals surface area contributed by atoms with E-state index in [2.05, 4.69) is 15.6 Å². The van der Waals surface area contributed by atoms with Crippen molar-refractivity contribution in [2.45, 2.75) is 39.4 Å². The van der Waals surface area contributed by atoms with Gasteiger partial charge in [-0.25, -0.2) is 8.42 Å². The molecule has 25 heavy (non-hydrogen) atoms. The van der Waals surface area contributed by atoms with Crippen molar-refractivity contribution >= 4 is 15.9 Å². The summed E-state index contributed by atoms with van der Waals surface area (Å²) in [5.41, 5.74) is 1.71. The molecular formula is C15H21N5O4S. The number of carbonyl (C=O) groups excluding carboxylic acids is 1. The Morgan fingerprint density at radius 3 is 2.76 bits per heavy atom. The summed E-state index contributed by atoms with van der Waals surface area (Å²) in [6.45, 7) is 5.34. The van der Waals surface area contributed by atoms with E-state index < -0.39 is 10.0 Å². The summed E-state index contributed by atoms with van der Waals surface area (Å²) in [7, 11) is -3.22. The van der Waals surface area contributed by atoms with Crippen molar-refractivity contribution in [1.29, 1.82) is 0 Å². The minimum absolute atomic E-state index is 0.159. The summed E-state index contributed by atoms with van der Waals surface area (Å²) in [5.74, 6) is 0.481. The van der Waals surface area contributed by atoms with Gasteiger partial charge >= 0.3 is 0 Å². The van der Waals surface area contributed by atoms with Crippen LogP contribution < -0.4 is 5.32 Å². The molecule has 0 bridgehead atoms. The maximum absolute atomic E-state index is 12.1. The fraction of sp³-hybridized carbons (Fsp3) is 0.533. The molecule has 1 aliphatic rings.